The standard InChI is InChI=1S/C18H22N2OS/c21-12-18(9-8-13-4-1-2-7-16(13)18)20-11-15-10-19-17(22-15)14-5-3-6-14/h1-2,4,7,10,14,20-21H,3,5-6,8-9,11-12H2. The SMILES string of the molecule is OCC1(NCc2cnc(C3CCC3)s2)CCc2ccccc21. The van der Waals surface area contributed by atoms with Gasteiger partial charge >= 0.3 is 0 Å². The first-order valence-electron chi connectivity index (χ1n) is 8.20. The van der Waals surface area contributed by atoms with Crippen LogP contribution in [0.15, 0.2) is 30.5 Å². The van der Waals surface area contributed by atoms with Gasteiger partial charge < -0.3 is 10.4 Å². The van der Waals surface area contributed by atoms with E-state index in [0.717, 1.165) is 19.4 Å². The molecule has 0 radical (unpaired) electrons. The second-order valence-electron chi connectivity index (χ2n) is 6.54. The predicted molar refractivity (Wildman–Crippen MR) is 89.1 cm³/mol. The number of thiazole rings is 1. The van der Waals surface area contributed by atoms with Gasteiger partial charge in [0, 0.05) is 23.5 Å². The average Bonchev–Trinajstić information content (AvgIpc) is 3.09. The molecule has 0 spiro atoms. The van der Waals surface area contributed by atoms with Crippen LogP contribution in [-0.2, 0) is 18.5 Å². The predicted octanol–water partition coefficient (Wildman–Crippen LogP) is 3.33. The zero-order valence-corrected chi connectivity index (χ0v) is 13.5. The van der Waals surface area contributed by atoms with Crippen molar-refractivity contribution in [2.24, 2.45) is 0 Å². The van der Waals surface area contributed by atoms with Crippen LogP contribution in [0, 0.1) is 0 Å². The molecule has 2 aliphatic rings. The third-order valence-corrected chi connectivity index (χ3v) is 6.41. The summed E-state index contributed by atoms with van der Waals surface area (Å²) < 4.78 is 0. The monoisotopic (exact) mass is 314 g/mol. The number of fused-ring (bicyclic) bond motifs is 1. The third kappa shape index (κ3) is 2.39. The summed E-state index contributed by atoms with van der Waals surface area (Å²) in [6.45, 7) is 0.942. The molecule has 1 aromatic carbocycles. The van der Waals surface area contributed by atoms with Gasteiger partial charge in [-0.25, -0.2) is 4.98 Å². The quantitative estimate of drug-likeness (QED) is 0.890. The van der Waals surface area contributed by atoms with Crippen LogP contribution < -0.4 is 5.32 Å². The van der Waals surface area contributed by atoms with Gasteiger partial charge in [0.2, 0.25) is 0 Å². The Morgan fingerprint density at radius 3 is 2.95 bits per heavy atom. The summed E-state index contributed by atoms with van der Waals surface area (Å²) in [4.78, 5) is 5.87. The summed E-state index contributed by atoms with van der Waals surface area (Å²) in [5.74, 6) is 0.706. The zero-order valence-electron chi connectivity index (χ0n) is 12.7. The number of aryl methyl sites for hydroxylation is 1. The molecule has 1 heterocycles. The number of benzene rings is 1. The Bertz CT molecular complexity index is 665. The summed E-state index contributed by atoms with van der Waals surface area (Å²) in [7, 11) is 0. The number of hydrogen-bond donors (Lipinski definition) is 2. The van der Waals surface area contributed by atoms with E-state index in [2.05, 4.69) is 34.6 Å². The van der Waals surface area contributed by atoms with Crippen LogP contribution in [0.5, 0.6) is 0 Å². The molecule has 1 aromatic heterocycles. The van der Waals surface area contributed by atoms with Crippen molar-refractivity contribution in [3.8, 4) is 0 Å². The fraction of sp³-hybridized carbons (Fsp3) is 0.500. The molecule has 3 nitrogen and oxygen atoms in total. The average molecular weight is 314 g/mol. The van der Waals surface area contributed by atoms with E-state index in [1.165, 1.54) is 40.3 Å². The molecule has 1 saturated carbocycles. The van der Waals surface area contributed by atoms with Crippen LogP contribution in [0.4, 0.5) is 0 Å². The van der Waals surface area contributed by atoms with Gasteiger partial charge in [-0.3, -0.25) is 0 Å². The summed E-state index contributed by atoms with van der Waals surface area (Å²) in [5, 5.41) is 14.9. The normalized spacial score (nSPS) is 24.2. The summed E-state index contributed by atoms with van der Waals surface area (Å²) >= 11 is 1.84. The molecule has 0 amide bonds. The zero-order chi connectivity index (χ0) is 15.0. The van der Waals surface area contributed by atoms with Crippen molar-refractivity contribution in [3.05, 3.63) is 51.5 Å². The van der Waals surface area contributed by atoms with Gasteiger partial charge in [-0.05, 0) is 36.8 Å². The molecule has 1 fully saturated rings. The Morgan fingerprint density at radius 1 is 1.32 bits per heavy atom. The van der Waals surface area contributed by atoms with Gasteiger partial charge in [0.25, 0.3) is 0 Å². The van der Waals surface area contributed by atoms with E-state index < -0.39 is 0 Å². The molecular weight excluding hydrogens is 292 g/mol. The lowest BCUT2D eigenvalue weighted by atomic mass is 9.86. The first-order chi connectivity index (χ1) is 10.8. The number of rotatable bonds is 5. The number of aromatic nitrogens is 1. The van der Waals surface area contributed by atoms with Gasteiger partial charge in [0.05, 0.1) is 17.2 Å². The van der Waals surface area contributed by atoms with Gasteiger partial charge in [-0.1, -0.05) is 30.7 Å². The van der Waals surface area contributed by atoms with Crippen molar-refractivity contribution in [2.45, 2.75) is 50.1 Å². The molecular formula is C18H22N2OS. The lowest BCUT2D eigenvalue weighted by molar-refractivity contribution is 0.159. The summed E-state index contributed by atoms with van der Waals surface area (Å²) in [6, 6.07) is 8.48. The first-order valence-corrected chi connectivity index (χ1v) is 9.01. The lowest BCUT2D eigenvalue weighted by Crippen LogP contribution is -2.43. The van der Waals surface area contributed by atoms with E-state index in [9.17, 15) is 5.11 Å². The summed E-state index contributed by atoms with van der Waals surface area (Å²) in [5.41, 5.74) is 2.35. The van der Waals surface area contributed by atoms with Crippen molar-refractivity contribution >= 4 is 11.3 Å². The van der Waals surface area contributed by atoms with Gasteiger partial charge in [0.1, 0.15) is 0 Å². The van der Waals surface area contributed by atoms with Crippen LogP contribution >= 0.6 is 11.3 Å². The molecule has 2 aliphatic carbocycles. The highest BCUT2D eigenvalue weighted by atomic mass is 32.1. The van der Waals surface area contributed by atoms with E-state index in [1.807, 2.05) is 17.5 Å². The second-order valence-corrected chi connectivity index (χ2v) is 7.69. The molecule has 2 N–H and O–H groups in total. The van der Waals surface area contributed by atoms with Crippen molar-refractivity contribution in [1.29, 1.82) is 0 Å². The highest BCUT2D eigenvalue weighted by molar-refractivity contribution is 7.11. The van der Waals surface area contributed by atoms with E-state index in [1.54, 1.807) is 0 Å². The van der Waals surface area contributed by atoms with E-state index >= 15 is 0 Å². The molecule has 2 aromatic rings. The van der Waals surface area contributed by atoms with Crippen LogP contribution in [0.2, 0.25) is 0 Å². The highest BCUT2D eigenvalue weighted by Gasteiger charge is 2.37. The topological polar surface area (TPSA) is 45.1 Å². The minimum Gasteiger partial charge on any atom is -0.394 e. The third-order valence-electron chi connectivity index (χ3n) is 5.25. The van der Waals surface area contributed by atoms with Crippen molar-refractivity contribution in [2.75, 3.05) is 6.61 Å². The molecule has 1 unspecified atom stereocenters. The number of nitrogens with zero attached hydrogens (tertiary/aromatic N) is 1. The van der Waals surface area contributed by atoms with Crippen molar-refractivity contribution in [3.63, 3.8) is 0 Å². The van der Waals surface area contributed by atoms with Crippen LogP contribution in [0.1, 0.15) is 52.6 Å². The maximum Gasteiger partial charge on any atom is 0.0959 e. The number of aliphatic hydroxyl groups excluding tert-OH is 1. The molecule has 0 saturated heterocycles. The van der Waals surface area contributed by atoms with E-state index in [0.29, 0.717) is 5.92 Å². The molecule has 4 rings (SSSR count). The lowest BCUT2D eigenvalue weighted by Gasteiger charge is -2.29. The van der Waals surface area contributed by atoms with Crippen molar-refractivity contribution in [1.82, 2.24) is 10.3 Å². The molecule has 0 bridgehead atoms. The Morgan fingerprint density at radius 2 is 2.18 bits per heavy atom. The minimum absolute atomic E-state index is 0.151. The highest BCUT2D eigenvalue weighted by Crippen LogP contribution is 2.39. The Labute approximate surface area is 135 Å². The van der Waals surface area contributed by atoms with Crippen molar-refractivity contribution < 1.29 is 5.11 Å². The molecule has 1 atom stereocenters. The molecule has 4 heteroatoms. The Kier molecular flexibility index (Phi) is 3.76. The number of nitrogens with one attached hydrogen (secondary N) is 1. The maximum absolute atomic E-state index is 10.0. The maximum atomic E-state index is 10.0. The largest absolute Gasteiger partial charge is 0.394 e. The minimum atomic E-state index is -0.281. The fourth-order valence-electron chi connectivity index (χ4n) is 3.60. The molecule has 116 valence electrons. The molecule has 0 aliphatic heterocycles. The second kappa shape index (κ2) is 5.76. The van der Waals surface area contributed by atoms with E-state index in [-0.39, 0.29) is 12.1 Å². The summed E-state index contributed by atoms with van der Waals surface area (Å²) in [6.07, 6.45) is 7.97. The van der Waals surface area contributed by atoms with Gasteiger partial charge in [0.15, 0.2) is 0 Å². The Hall–Kier alpha value is -1.23. The number of hydrogen-bond acceptors (Lipinski definition) is 4. The first kappa shape index (κ1) is 14.4. The Balaban J connectivity index is 1.49. The van der Waals surface area contributed by atoms with Crippen LogP contribution in [0.3, 0.4) is 0 Å². The van der Waals surface area contributed by atoms with Crippen LogP contribution in [-0.4, -0.2) is 16.7 Å². The number of aliphatic hydroxyl groups is 1. The van der Waals surface area contributed by atoms with Gasteiger partial charge in [-0.15, -0.1) is 11.3 Å². The van der Waals surface area contributed by atoms with Crippen LogP contribution in [0.25, 0.3) is 0 Å². The smallest absolute Gasteiger partial charge is 0.0959 e. The fourth-order valence-corrected chi connectivity index (χ4v) is 4.62. The van der Waals surface area contributed by atoms with Gasteiger partial charge in [-0.2, -0.15) is 0 Å². The van der Waals surface area contributed by atoms with E-state index in [4.69, 9.17) is 0 Å². The molecule has 22 heavy (non-hydrogen) atoms.